The van der Waals surface area contributed by atoms with Gasteiger partial charge in [-0.05, 0) is 31.9 Å². The average Bonchev–Trinajstić information content (AvgIpc) is 2.87. The number of carboxylic acids is 1. The van der Waals surface area contributed by atoms with Crippen LogP contribution in [-0.2, 0) is 4.79 Å². The third kappa shape index (κ3) is 4.40. The van der Waals surface area contributed by atoms with E-state index in [1.165, 1.54) is 0 Å². The second-order valence-electron chi connectivity index (χ2n) is 4.46. The minimum atomic E-state index is -0.831. The summed E-state index contributed by atoms with van der Waals surface area (Å²) in [6.45, 7) is 2.06. The van der Waals surface area contributed by atoms with Crippen LogP contribution in [0, 0.1) is 5.92 Å². The highest BCUT2D eigenvalue weighted by Crippen LogP contribution is 2.32. The Morgan fingerprint density at radius 1 is 1.67 bits per heavy atom. The third-order valence-electron chi connectivity index (χ3n) is 2.52. The summed E-state index contributed by atoms with van der Waals surface area (Å²) in [7, 11) is 0. The van der Waals surface area contributed by atoms with E-state index in [9.17, 15) is 9.90 Å². The number of aliphatic carboxylic acids is 1. The van der Waals surface area contributed by atoms with Crippen molar-refractivity contribution in [3.63, 3.8) is 0 Å². The summed E-state index contributed by atoms with van der Waals surface area (Å²) < 4.78 is 0. The largest absolute Gasteiger partial charge is 0.480 e. The highest BCUT2D eigenvalue weighted by Gasteiger charge is 2.37. The Morgan fingerprint density at radius 3 is 2.67 bits per heavy atom. The molecule has 4 nitrogen and oxygen atoms in total. The Labute approximate surface area is 94.4 Å². The van der Waals surface area contributed by atoms with Crippen LogP contribution in [0.5, 0.6) is 0 Å². The van der Waals surface area contributed by atoms with Gasteiger partial charge in [-0.1, -0.05) is 0 Å². The Balaban J connectivity index is 2.35. The van der Waals surface area contributed by atoms with Crippen LogP contribution < -0.4 is 5.32 Å². The molecule has 5 heteroatoms. The van der Waals surface area contributed by atoms with Gasteiger partial charge < -0.3 is 15.5 Å². The van der Waals surface area contributed by atoms with Crippen molar-refractivity contribution >= 4 is 17.7 Å². The van der Waals surface area contributed by atoms with E-state index in [0.29, 0.717) is 12.3 Å². The van der Waals surface area contributed by atoms with Gasteiger partial charge in [0.1, 0.15) is 6.04 Å². The number of hydrogen-bond donors (Lipinski definition) is 3. The molecule has 0 spiro atoms. The lowest BCUT2D eigenvalue weighted by molar-refractivity contribution is -0.140. The maximum atomic E-state index is 10.9. The molecule has 0 bridgehead atoms. The molecule has 0 aromatic heterocycles. The molecule has 1 fully saturated rings. The molecule has 1 saturated carbocycles. The van der Waals surface area contributed by atoms with Gasteiger partial charge in [0.05, 0.1) is 5.60 Å². The van der Waals surface area contributed by atoms with Crippen molar-refractivity contribution in [3.8, 4) is 0 Å². The number of rotatable bonds is 7. The van der Waals surface area contributed by atoms with E-state index in [0.717, 1.165) is 12.8 Å². The molecule has 0 amide bonds. The molecule has 1 aliphatic rings. The van der Waals surface area contributed by atoms with Crippen molar-refractivity contribution in [1.29, 1.82) is 0 Å². The van der Waals surface area contributed by atoms with Crippen molar-refractivity contribution in [2.45, 2.75) is 31.4 Å². The zero-order valence-corrected chi connectivity index (χ0v) is 10.0. The molecule has 0 aliphatic heterocycles. The van der Waals surface area contributed by atoms with Crippen LogP contribution >= 0.6 is 11.8 Å². The van der Waals surface area contributed by atoms with Crippen molar-refractivity contribution in [2.75, 3.05) is 18.6 Å². The molecule has 0 saturated heterocycles. The first-order valence-electron chi connectivity index (χ1n) is 5.14. The quantitative estimate of drug-likeness (QED) is 0.599. The summed E-state index contributed by atoms with van der Waals surface area (Å²) >= 11 is 1.56. The zero-order chi connectivity index (χ0) is 11.5. The Kier molecular flexibility index (Phi) is 4.43. The molecule has 1 aliphatic carbocycles. The molecule has 88 valence electrons. The van der Waals surface area contributed by atoms with Gasteiger partial charge in [-0.15, -0.1) is 0 Å². The molecule has 3 N–H and O–H groups in total. The van der Waals surface area contributed by atoms with Crippen LogP contribution in [0.1, 0.15) is 19.8 Å². The normalized spacial score (nSPS) is 22.1. The molecule has 2 atom stereocenters. The highest BCUT2D eigenvalue weighted by molar-refractivity contribution is 7.98. The predicted molar refractivity (Wildman–Crippen MR) is 61.2 cm³/mol. The van der Waals surface area contributed by atoms with Gasteiger partial charge in [0, 0.05) is 12.3 Å². The lowest BCUT2D eigenvalue weighted by Crippen LogP contribution is -2.48. The molecule has 0 aromatic rings. The summed E-state index contributed by atoms with van der Waals surface area (Å²) in [5, 5.41) is 21.8. The van der Waals surface area contributed by atoms with E-state index in [1.807, 2.05) is 6.26 Å². The van der Waals surface area contributed by atoms with E-state index in [2.05, 4.69) is 5.32 Å². The number of carbonyl (C=O) groups is 1. The van der Waals surface area contributed by atoms with E-state index in [1.54, 1.807) is 18.7 Å². The standard InChI is InChI=1S/C10H19NO3S/c1-10(14,6-15-2)5-11-8(9(12)13)7-3-4-7/h7-8,11,14H,3-6H2,1-2H3,(H,12,13). The number of thioether (sulfide) groups is 1. The Bertz CT molecular complexity index is 229. The summed E-state index contributed by atoms with van der Waals surface area (Å²) in [5.74, 6) is 0.0572. The number of nitrogens with one attached hydrogen (secondary N) is 1. The van der Waals surface area contributed by atoms with Crippen LogP contribution in [0.25, 0.3) is 0 Å². The Morgan fingerprint density at radius 2 is 2.27 bits per heavy atom. The third-order valence-corrected chi connectivity index (χ3v) is 3.43. The van der Waals surface area contributed by atoms with Crippen molar-refractivity contribution in [1.82, 2.24) is 5.32 Å². The minimum absolute atomic E-state index is 0.257. The molecular weight excluding hydrogens is 214 g/mol. The van der Waals surface area contributed by atoms with Gasteiger partial charge >= 0.3 is 5.97 Å². The SMILES string of the molecule is CSCC(C)(O)CNC(C(=O)O)C1CC1. The number of aliphatic hydroxyl groups is 1. The summed E-state index contributed by atoms with van der Waals surface area (Å²) in [6, 6.07) is -0.488. The molecule has 2 unspecified atom stereocenters. The average molecular weight is 233 g/mol. The minimum Gasteiger partial charge on any atom is -0.480 e. The molecule has 1 rings (SSSR count). The monoisotopic (exact) mass is 233 g/mol. The van der Waals surface area contributed by atoms with Crippen molar-refractivity contribution in [2.24, 2.45) is 5.92 Å². The molecule has 15 heavy (non-hydrogen) atoms. The van der Waals surface area contributed by atoms with Crippen LogP contribution in [0.15, 0.2) is 0 Å². The maximum Gasteiger partial charge on any atom is 0.320 e. The first-order chi connectivity index (χ1) is 6.96. The fourth-order valence-electron chi connectivity index (χ4n) is 1.58. The summed E-state index contributed by atoms with van der Waals surface area (Å²) in [4.78, 5) is 10.9. The zero-order valence-electron chi connectivity index (χ0n) is 9.19. The van der Waals surface area contributed by atoms with Gasteiger partial charge in [-0.25, -0.2) is 0 Å². The van der Waals surface area contributed by atoms with Gasteiger partial charge in [0.15, 0.2) is 0 Å². The first-order valence-corrected chi connectivity index (χ1v) is 6.53. The van der Waals surface area contributed by atoms with E-state index < -0.39 is 17.6 Å². The smallest absolute Gasteiger partial charge is 0.320 e. The van der Waals surface area contributed by atoms with Crippen molar-refractivity contribution < 1.29 is 15.0 Å². The fraction of sp³-hybridized carbons (Fsp3) is 0.900. The van der Waals surface area contributed by atoms with Crippen LogP contribution in [-0.4, -0.2) is 46.4 Å². The van der Waals surface area contributed by atoms with E-state index >= 15 is 0 Å². The Hall–Kier alpha value is -0.260. The summed E-state index contributed by atoms with van der Waals surface area (Å²) in [5.41, 5.74) is -0.831. The van der Waals surface area contributed by atoms with Crippen LogP contribution in [0.2, 0.25) is 0 Å². The maximum absolute atomic E-state index is 10.9. The van der Waals surface area contributed by atoms with Gasteiger partial charge in [0.2, 0.25) is 0 Å². The molecular formula is C10H19NO3S. The van der Waals surface area contributed by atoms with Gasteiger partial charge in [-0.2, -0.15) is 11.8 Å². The van der Waals surface area contributed by atoms with Crippen LogP contribution in [0.3, 0.4) is 0 Å². The molecule has 0 aromatic carbocycles. The topological polar surface area (TPSA) is 69.6 Å². The number of hydrogen-bond acceptors (Lipinski definition) is 4. The van der Waals surface area contributed by atoms with E-state index in [4.69, 9.17) is 5.11 Å². The predicted octanol–water partition coefficient (Wildman–Crippen LogP) is 0.553. The lowest BCUT2D eigenvalue weighted by atomic mass is 10.1. The van der Waals surface area contributed by atoms with E-state index in [-0.39, 0.29) is 5.92 Å². The van der Waals surface area contributed by atoms with Crippen molar-refractivity contribution in [3.05, 3.63) is 0 Å². The fourth-order valence-corrected chi connectivity index (χ4v) is 2.30. The van der Waals surface area contributed by atoms with Gasteiger partial charge in [-0.3, -0.25) is 4.79 Å². The molecule has 0 heterocycles. The second kappa shape index (κ2) is 5.18. The first kappa shape index (κ1) is 12.8. The van der Waals surface area contributed by atoms with Gasteiger partial charge in [0.25, 0.3) is 0 Å². The molecule has 0 radical (unpaired) electrons. The second-order valence-corrected chi connectivity index (χ2v) is 5.33. The van der Waals surface area contributed by atoms with Crippen LogP contribution in [0.4, 0.5) is 0 Å². The number of carboxylic acid groups (broad SMARTS) is 1. The summed E-state index contributed by atoms with van der Waals surface area (Å²) in [6.07, 6.45) is 3.88. The lowest BCUT2D eigenvalue weighted by Gasteiger charge is -2.25. The highest BCUT2D eigenvalue weighted by atomic mass is 32.2.